The van der Waals surface area contributed by atoms with Crippen LogP contribution in [0.25, 0.3) is 22.0 Å². The largest absolute Gasteiger partial charge is 0.508 e. The summed E-state index contributed by atoms with van der Waals surface area (Å²) >= 11 is 0. The Hall–Kier alpha value is -3.48. The van der Waals surface area contributed by atoms with Gasteiger partial charge in [0, 0.05) is 64.8 Å². The van der Waals surface area contributed by atoms with Crippen LogP contribution >= 0.6 is 0 Å². The number of phenols is 1. The van der Waals surface area contributed by atoms with Gasteiger partial charge in [-0.05, 0) is 88.6 Å². The second-order valence-corrected chi connectivity index (χ2v) is 13.4. The number of fused-ring (bicyclic) bond motifs is 3. The van der Waals surface area contributed by atoms with Gasteiger partial charge < -0.3 is 25.0 Å². The predicted octanol–water partition coefficient (Wildman–Crippen LogP) is 5.33. The minimum atomic E-state index is -0.707. The molecule has 0 radical (unpaired) electrons. The number of aromatic nitrogens is 2. The molecule has 5 fully saturated rings. The van der Waals surface area contributed by atoms with Crippen LogP contribution in [0, 0.1) is 29.4 Å². The number of anilines is 1. The van der Waals surface area contributed by atoms with Crippen molar-refractivity contribution in [3.8, 4) is 35.2 Å². The first kappa shape index (κ1) is 27.1. The SMILES string of the molecule is C#Cc1cc2c(N3CC4CCC(C3)N4)nc(OCC3(CN4CCCC4)CC3)nc2c(F)c1-c1c(F)ccc(O)c1C1CC1. The lowest BCUT2D eigenvalue weighted by atomic mass is 9.90. The summed E-state index contributed by atoms with van der Waals surface area (Å²) < 4.78 is 38.8. The molecule has 2 atom stereocenters. The number of aromatic hydroxyl groups is 1. The molecule has 2 aliphatic carbocycles. The Labute approximate surface area is 250 Å². The number of halogens is 2. The van der Waals surface area contributed by atoms with Crippen LogP contribution in [0.4, 0.5) is 14.6 Å². The molecular formula is C34H37F2N5O2. The summed E-state index contributed by atoms with van der Waals surface area (Å²) in [6, 6.07) is 5.03. The van der Waals surface area contributed by atoms with Crippen molar-refractivity contribution in [2.24, 2.45) is 5.41 Å². The van der Waals surface area contributed by atoms with E-state index in [2.05, 4.69) is 26.0 Å². The van der Waals surface area contributed by atoms with E-state index in [1.165, 1.54) is 25.0 Å². The number of nitrogens with zero attached hydrogens (tertiary/aromatic N) is 4. The minimum Gasteiger partial charge on any atom is -0.508 e. The van der Waals surface area contributed by atoms with Crippen LogP contribution in [0.3, 0.4) is 0 Å². The van der Waals surface area contributed by atoms with Gasteiger partial charge in [0.2, 0.25) is 0 Å². The van der Waals surface area contributed by atoms with E-state index in [0.29, 0.717) is 35.5 Å². The Balaban J connectivity index is 1.25. The molecule has 2 unspecified atom stereocenters. The molecule has 2 N–H and O–H groups in total. The number of ether oxygens (including phenoxy) is 1. The molecule has 9 heteroatoms. The zero-order valence-corrected chi connectivity index (χ0v) is 24.3. The average Bonchev–Trinajstić information content (AvgIpc) is 3.91. The van der Waals surface area contributed by atoms with Crippen LogP contribution < -0.4 is 15.0 Å². The molecule has 224 valence electrons. The van der Waals surface area contributed by atoms with Crippen molar-refractivity contribution in [3.05, 3.63) is 41.0 Å². The van der Waals surface area contributed by atoms with Crippen molar-refractivity contribution >= 4 is 16.7 Å². The third-order valence-electron chi connectivity index (χ3n) is 10.2. The first-order valence-electron chi connectivity index (χ1n) is 15.8. The van der Waals surface area contributed by atoms with E-state index in [9.17, 15) is 5.11 Å². The van der Waals surface area contributed by atoms with Crippen molar-refractivity contribution in [2.45, 2.75) is 69.4 Å². The Morgan fingerprint density at radius 3 is 2.47 bits per heavy atom. The molecule has 3 aliphatic heterocycles. The number of hydrogen-bond donors (Lipinski definition) is 2. The van der Waals surface area contributed by atoms with E-state index in [1.807, 2.05) is 0 Å². The zero-order chi connectivity index (χ0) is 29.3. The number of benzene rings is 2. The van der Waals surface area contributed by atoms with Gasteiger partial charge in [-0.15, -0.1) is 6.42 Å². The lowest BCUT2D eigenvalue weighted by Crippen LogP contribution is -2.51. The highest BCUT2D eigenvalue weighted by atomic mass is 19.1. The smallest absolute Gasteiger partial charge is 0.319 e. The molecule has 2 bridgehead atoms. The van der Waals surface area contributed by atoms with Crippen LogP contribution in [0.2, 0.25) is 0 Å². The van der Waals surface area contributed by atoms with Crippen molar-refractivity contribution in [1.29, 1.82) is 0 Å². The Morgan fingerprint density at radius 2 is 1.79 bits per heavy atom. The topological polar surface area (TPSA) is 73.8 Å². The molecular weight excluding hydrogens is 548 g/mol. The second kappa shape index (κ2) is 10.3. The van der Waals surface area contributed by atoms with Crippen LogP contribution in [-0.4, -0.2) is 71.4 Å². The first-order chi connectivity index (χ1) is 20.9. The molecule has 4 heterocycles. The summed E-state index contributed by atoms with van der Waals surface area (Å²) in [7, 11) is 0. The van der Waals surface area contributed by atoms with E-state index in [-0.39, 0.29) is 45.3 Å². The number of piperazine rings is 1. The molecule has 0 amide bonds. The molecule has 2 saturated carbocycles. The number of terminal acetylenes is 1. The molecule has 2 aromatic carbocycles. The van der Waals surface area contributed by atoms with E-state index in [0.717, 1.165) is 71.2 Å². The van der Waals surface area contributed by atoms with Crippen LogP contribution in [0.5, 0.6) is 11.8 Å². The van der Waals surface area contributed by atoms with E-state index in [4.69, 9.17) is 16.1 Å². The lowest BCUT2D eigenvalue weighted by molar-refractivity contribution is 0.170. The van der Waals surface area contributed by atoms with E-state index in [1.54, 1.807) is 6.07 Å². The number of rotatable bonds is 8. The van der Waals surface area contributed by atoms with Gasteiger partial charge in [-0.1, -0.05) is 5.92 Å². The Kier molecular flexibility index (Phi) is 6.50. The van der Waals surface area contributed by atoms with E-state index < -0.39 is 11.6 Å². The standard InChI is InChI=1S/C34H37F2N5O2/c1-2-20-15-24-31(30(36)28(20)29-25(35)9-10-26(42)27(29)21-5-6-21)38-33(39-32(24)41-16-22-7-8-23(17-41)37-22)43-19-34(11-12-34)18-40-13-3-4-14-40/h1,9-10,15,21-23,37,42H,3-8,11-14,16-19H2. The molecule has 8 rings (SSSR count). The van der Waals surface area contributed by atoms with Gasteiger partial charge in [0.1, 0.15) is 22.9 Å². The van der Waals surface area contributed by atoms with Crippen molar-refractivity contribution in [1.82, 2.24) is 20.2 Å². The molecule has 43 heavy (non-hydrogen) atoms. The zero-order valence-electron chi connectivity index (χ0n) is 24.3. The van der Waals surface area contributed by atoms with Crippen molar-refractivity contribution < 1.29 is 18.6 Å². The third-order valence-corrected chi connectivity index (χ3v) is 10.2. The number of hydrogen-bond acceptors (Lipinski definition) is 7. The summed E-state index contributed by atoms with van der Waals surface area (Å²) in [5.41, 5.74) is 0.771. The first-order valence-corrected chi connectivity index (χ1v) is 15.8. The maximum absolute atomic E-state index is 16.9. The highest BCUT2D eigenvalue weighted by molar-refractivity contribution is 5.96. The fourth-order valence-electron chi connectivity index (χ4n) is 7.60. The van der Waals surface area contributed by atoms with Gasteiger partial charge in [-0.2, -0.15) is 9.97 Å². The minimum absolute atomic E-state index is 0.0280. The second-order valence-electron chi connectivity index (χ2n) is 13.4. The monoisotopic (exact) mass is 585 g/mol. The van der Waals surface area contributed by atoms with Gasteiger partial charge in [0.05, 0.1) is 6.61 Å². The van der Waals surface area contributed by atoms with Crippen LogP contribution in [-0.2, 0) is 0 Å². The number of nitrogens with one attached hydrogen (secondary N) is 1. The van der Waals surface area contributed by atoms with Gasteiger partial charge in [0.25, 0.3) is 0 Å². The predicted molar refractivity (Wildman–Crippen MR) is 161 cm³/mol. The number of phenolic OH excluding ortho intramolecular Hbond substituents is 1. The maximum atomic E-state index is 16.9. The molecule has 5 aliphatic rings. The molecule has 1 aromatic heterocycles. The third kappa shape index (κ3) is 4.89. The highest BCUT2D eigenvalue weighted by Crippen LogP contribution is 2.51. The van der Waals surface area contributed by atoms with Gasteiger partial charge in [-0.25, -0.2) is 8.78 Å². The fourth-order valence-corrected chi connectivity index (χ4v) is 7.60. The molecule has 7 nitrogen and oxygen atoms in total. The normalized spacial score (nSPS) is 24.4. The van der Waals surface area contributed by atoms with Gasteiger partial charge >= 0.3 is 6.01 Å². The summed E-state index contributed by atoms with van der Waals surface area (Å²) in [6.45, 7) is 5.21. The maximum Gasteiger partial charge on any atom is 0.319 e. The van der Waals surface area contributed by atoms with Crippen LogP contribution in [0.15, 0.2) is 18.2 Å². The average molecular weight is 586 g/mol. The Morgan fingerprint density at radius 1 is 1.05 bits per heavy atom. The summed E-state index contributed by atoms with van der Waals surface area (Å²) in [5, 5.41) is 14.9. The lowest BCUT2D eigenvalue weighted by Gasteiger charge is -2.34. The summed E-state index contributed by atoms with van der Waals surface area (Å²) in [5.74, 6) is 1.81. The van der Waals surface area contributed by atoms with Crippen molar-refractivity contribution in [2.75, 3.05) is 44.2 Å². The quantitative estimate of drug-likeness (QED) is 0.346. The highest BCUT2D eigenvalue weighted by Gasteiger charge is 2.45. The summed E-state index contributed by atoms with van der Waals surface area (Å²) in [6.07, 6.45) is 14.4. The Bertz CT molecular complexity index is 1630. The molecule has 0 spiro atoms. The van der Waals surface area contributed by atoms with Gasteiger partial charge in [-0.3, -0.25) is 0 Å². The van der Waals surface area contributed by atoms with Crippen molar-refractivity contribution in [3.63, 3.8) is 0 Å². The van der Waals surface area contributed by atoms with Crippen LogP contribution in [0.1, 0.15) is 68.4 Å². The number of likely N-dealkylation sites (tertiary alicyclic amines) is 1. The van der Waals surface area contributed by atoms with E-state index >= 15 is 8.78 Å². The van der Waals surface area contributed by atoms with Gasteiger partial charge in [0.15, 0.2) is 5.82 Å². The fraction of sp³-hybridized carbons (Fsp3) is 0.529. The molecule has 3 saturated heterocycles. The summed E-state index contributed by atoms with van der Waals surface area (Å²) in [4.78, 5) is 14.2. The molecule has 3 aromatic rings.